The maximum Gasteiger partial charge on any atom is 0.163 e. The quantitative estimate of drug-likeness (QED) is 0.756. The lowest BCUT2D eigenvalue weighted by atomic mass is 10.1. The number of ketones is 1. The average molecular weight is 286 g/mol. The molecule has 0 atom stereocenters. The van der Waals surface area contributed by atoms with Gasteiger partial charge in [0.15, 0.2) is 5.78 Å². The van der Waals surface area contributed by atoms with Gasteiger partial charge in [0.05, 0.1) is 12.2 Å². The minimum atomic E-state index is -0.217. The first-order valence-electron chi connectivity index (χ1n) is 6.35. The summed E-state index contributed by atoms with van der Waals surface area (Å²) >= 11 is 5.97. The molecule has 0 aliphatic rings. The minimum Gasteiger partial charge on any atom is -0.507 e. The summed E-state index contributed by atoms with van der Waals surface area (Å²) in [6, 6.07) is 3.13. The molecule has 0 bridgehead atoms. The number of rotatable bonds is 7. The second-order valence-corrected chi connectivity index (χ2v) is 4.95. The van der Waals surface area contributed by atoms with E-state index in [1.807, 2.05) is 11.8 Å². The van der Waals surface area contributed by atoms with Crippen LogP contribution in [0.4, 0.5) is 0 Å². The van der Waals surface area contributed by atoms with Gasteiger partial charge in [-0.2, -0.15) is 0 Å². The highest BCUT2D eigenvalue weighted by atomic mass is 35.5. The number of aliphatic hydroxyl groups excluding tert-OH is 1. The number of phenols is 1. The van der Waals surface area contributed by atoms with Crippen molar-refractivity contribution in [1.29, 1.82) is 0 Å². The molecule has 4 nitrogen and oxygen atoms in total. The summed E-state index contributed by atoms with van der Waals surface area (Å²) < 4.78 is 0. The van der Waals surface area contributed by atoms with Crippen molar-refractivity contribution in [2.75, 3.05) is 19.7 Å². The van der Waals surface area contributed by atoms with Crippen LogP contribution in [0.2, 0.25) is 5.02 Å². The number of aromatic hydroxyl groups is 1. The zero-order valence-electron chi connectivity index (χ0n) is 11.3. The van der Waals surface area contributed by atoms with E-state index in [1.165, 1.54) is 13.0 Å². The van der Waals surface area contributed by atoms with Crippen LogP contribution in [0.5, 0.6) is 5.75 Å². The number of halogens is 1. The molecule has 2 N–H and O–H groups in total. The van der Waals surface area contributed by atoms with Gasteiger partial charge in [-0.05, 0) is 32.0 Å². The maximum absolute atomic E-state index is 11.4. The Bertz CT molecular complexity index is 443. The van der Waals surface area contributed by atoms with Gasteiger partial charge in [-0.25, -0.2) is 0 Å². The SMILES string of the molecule is CCCN(CCO)Cc1cc(Cl)cc(C(C)=O)c1O. The molecule has 1 aromatic carbocycles. The van der Waals surface area contributed by atoms with Crippen LogP contribution in [0.1, 0.15) is 36.2 Å². The van der Waals surface area contributed by atoms with Crippen molar-refractivity contribution in [2.45, 2.75) is 26.8 Å². The fourth-order valence-corrected chi connectivity index (χ4v) is 2.25. The summed E-state index contributed by atoms with van der Waals surface area (Å²) in [5, 5.41) is 19.6. The van der Waals surface area contributed by atoms with Gasteiger partial charge in [0.1, 0.15) is 5.75 Å². The topological polar surface area (TPSA) is 60.8 Å². The van der Waals surface area contributed by atoms with Crippen LogP contribution in [0.15, 0.2) is 12.1 Å². The summed E-state index contributed by atoms with van der Waals surface area (Å²) in [6.45, 7) is 5.29. The molecule has 0 heterocycles. The van der Waals surface area contributed by atoms with Crippen molar-refractivity contribution < 1.29 is 15.0 Å². The highest BCUT2D eigenvalue weighted by Crippen LogP contribution is 2.28. The highest BCUT2D eigenvalue weighted by molar-refractivity contribution is 6.31. The van der Waals surface area contributed by atoms with Crippen LogP contribution in [0, 0.1) is 0 Å². The highest BCUT2D eigenvalue weighted by Gasteiger charge is 2.15. The van der Waals surface area contributed by atoms with Crippen molar-refractivity contribution in [3.63, 3.8) is 0 Å². The number of Topliss-reactive ketones (excluding diaryl/α,β-unsaturated/α-hetero) is 1. The Kier molecular flexibility index (Phi) is 6.28. The summed E-state index contributed by atoms with van der Waals surface area (Å²) in [5.74, 6) is -0.235. The summed E-state index contributed by atoms with van der Waals surface area (Å²) in [5.41, 5.74) is 0.850. The fourth-order valence-electron chi connectivity index (χ4n) is 2.01. The van der Waals surface area contributed by atoms with E-state index in [0.717, 1.165) is 13.0 Å². The van der Waals surface area contributed by atoms with Gasteiger partial charge in [-0.1, -0.05) is 18.5 Å². The van der Waals surface area contributed by atoms with Crippen LogP contribution in [-0.4, -0.2) is 40.6 Å². The van der Waals surface area contributed by atoms with Crippen LogP contribution in [0.25, 0.3) is 0 Å². The first-order valence-corrected chi connectivity index (χ1v) is 6.72. The molecule has 1 aromatic rings. The zero-order valence-corrected chi connectivity index (χ0v) is 12.1. The van der Waals surface area contributed by atoms with Crippen molar-refractivity contribution in [3.05, 3.63) is 28.3 Å². The Morgan fingerprint density at radius 1 is 1.37 bits per heavy atom. The molecule has 0 fully saturated rings. The van der Waals surface area contributed by atoms with Crippen LogP contribution in [-0.2, 0) is 6.54 Å². The molecule has 5 heteroatoms. The predicted octanol–water partition coefficient (Wildman–Crippen LogP) is 2.45. The molecule has 0 aromatic heterocycles. The lowest BCUT2D eigenvalue weighted by Gasteiger charge is -2.21. The van der Waals surface area contributed by atoms with E-state index in [0.29, 0.717) is 23.7 Å². The first-order chi connectivity index (χ1) is 8.99. The smallest absolute Gasteiger partial charge is 0.163 e. The lowest BCUT2D eigenvalue weighted by molar-refractivity contribution is 0.101. The van der Waals surface area contributed by atoms with Gasteiger partial charge in [0, 0.05) is 23.7 Å². The van der Waals surface area contributed by atoms with Gasteiger partial charge in [0.2, 0.25) is 0 Å². The number of carbonyl (C=O) groups excluding carboxylic acids is 1. The molecule has 106 valence electrons. The molecular weight excluding hydrogens is 266 g/mol. The van der Waals surface area contributed by atoms with E-state index in [1.54, 1.807) is 6.07 Å². The predicted molar refractivity (Wildman–Crippen MR) is 75.8 cm³/mol. The van der Waals surface area contributed by atoms with E-state index in [2.05, 4.69) is 0 Å². The second-order valence-electron chi connectivity index (χ2n) is 4.52. The van der Waals surface area contributed by atoms with Crippen molar-refractivity contribution in [3.8, 4) is 5.75 Å². The molecule has 0 amide bonds. The van der Waals surface area contributed by atoms with Gasteiger partial charge in [0.25, 0.3) is 0 Å². The maximum atomic E-state index is 11.4. The van der Waals surface area contributed by atoms with Crippen LogP contribution < -0.4 is 0 Å². The number of hydrogen-bond acceptors (Lipinski definition) is 4. The summed E-state index contributed by atoms with van der Waals surface area (Å²) in [6.07, 6.45) is 0.945. The molecule has 0 saturated heterocycles. The van der Waals surface area contributed by atoms with Gasteiger partial charge >= 0.3 is 0 Å². The number of aliphatic hydroxyl groups is 1. The minimum absolute atomic E-state index is 0.0176. The average Bonchev–Trinajstić information content (AvgIpc) is 2.33. The van der Waals surface area contributed by atoms with Crippen molar-refractivity contribution in [2.24, 2.45) is 0 Å². The van der Waals surface area contributed by atoms with E-state index < -0.39 is 0 Å². The standard InChI is InChI=1S/C14H20ClNO3/c1-3-4-16(5-6-17)9-11-7-12(15)8-13(10(2)18)14(11)19/h7-8,17,19H,3-6,9H2,1-2H3. The zero-order chi connectivity index (χ0) is 14.4. The third-order valence-electron chi connectivity index (χ3n) is 2.88. The third kappa shape index (κ3) is 4.49. The number of hydrogen-bond donors (Lipinski definition) is 2. The Labute approximate surface area is 118 Å². The molecule has 0 unspecified atom stereocenters. The normalized spacial score (nSPS) is 11.0. The molecule has 0 aliphatic heterocycles. The van der Waals surface area contributed by atoms with E-state index in [-0.39, 0.29) is 23.7 Å². The Morgan fingerprint density at radius 3 is 2.58 bits per heavy atom. The summed E-state index contributed by atoms with van der Waals surface area (Å²) in [7, 11) is 0. The van der Waals surface area contributed by atoms with E-state index in [9.17, 15) is 9.90 Å². The molecular formula is C14H20ClNO3. The van der Waals surface area contributed by atoms with Crippen LogP contribution in [0.3, 0.4) is 0 Å². The van der Waals surface area contributed by atoms with E-state index >= 15 is 0 Å². The molecule has 0 radical (unpaired) electrons. The molecule has 19 heavy (non-hydrogen) atoms. The number of phenolic OH excluding ortho intramolecular Hbond substituents is 1. The van der Waals surface area contributed by atoms with Gasteiger partial charge in [-0.3, -0.25) is 9.69 Å². The van der Waals surface area contributed by atoms with Gasteiger partial charge < -0.3 is 10.2 Å². The molecule has 1 rings (SSSR count). The Balaban J connectivity index is 3.02. The first kappa shape index (κ1) is 16.0. The number of nitrogens with zero attached hydrogens (tertiary/aromatic N) is 1. The number of benzene rings is 1. The largest absolute Gasteiger partial charge is 0.507 e. The van der Waals surface area contributed by atoms with Gasteiger partial charge in [-0.15, -0.1) is 0 Å². The summed E-state index contributed by atoms with van der Waals surface area (Å²) in [4.78, 5) is 13.4. The van der Waals surface area contributed by atoms with Crippen molar-refractivity contribution in [1.82, 2.24) is 4.90 Å². The second kappa shape index (κ2) is 7.48. The Hall–Kier alpha value is -1.10. The van der Waals surface area contributed by atoms with Crippen LogP contribution >= 0.6 is 11.6 Å². The molecule has 0 aliphatic carbocycles. The monoisotopic (exact) mass is 285 g/mol. The number of carbonyl (C=O) groups is 1. The van der Waals surface area contributed by atoms with E-state index in [4.69, 9.17) is 16.7 Å². The van der Waals surface area contributed by atoms with Crippen molar-refractivity contribution >= 4 is 17.4 Å². The Morgan fingerprint density at radius 2 is 2.05 bits per heavy atom. The molecule has 0 saturated carbocycles. The third-order valence-corrected chi connectivity index (χ3v) is 3.10. The molecule has 0 spiro atoms. The fraction of sp³-hybridized carbons (Fsp3) is 0.500. The lowest BCUT2D eigenvalue weighted by Crippen LogP contribution is -2.27.